The van der Waals surface area contributed by atoms with Crippen LogP contribution in [0.25, 0.3) is 0 Å². The molecule has 0 aromatic heterocycles. The lowest BCUT2D eigenvalue weighted by Gasteiger charge is -2.06. The SMILES string of the molecule is CCCCCCCCCNCCc1ccccc1F. The van der Waals surface area contributed by atoms with Gasteiger partial charge in [-0.3, -0.25) is 0 Å². The topological polar surface area (TPSA) is 12.0 Å². The van der Waals surface area contributed by atoms with Crippen LogP contribution in [0.4, 0.5) is 4.39 Å². The van der Waals surface area contributed by atoms with Gasteiger partial charge in [-0.1, -0.05) is 63.6 Å². The Morgan fingerprint density at radius 2 is 1.58 bits per heavy atom. The van der Waals surface area contributed by atoms with E-state index >= 15 is 0 Å². The highest BCUT2D eigenvalue weighted by molar-refractivity contribution is 5.17. The summed E-state index contributed by atoms with van der Waals surface area (Å²) in [7, 11) is 0. The minimum absolute atomic E-state index is 0.0831. The molecular formula is C17H28FN. The summed E-state index contributed by atoms with van der Waals surface area (Å²) in [5.41, 5.74) is 0.814. The van der Waals surface area contributed by atoms with E-state index < -0.39 is 0 Å². The molecule has 2 heteroatoms. The van der Waals surface area contributed by atoms with Crippen LogP contribution >= 0.6 is 0 Å². The van der Waals surface area contributed by atoms with Crippen molar-refractivity contribution >= 4 is 0 Å². The first-order valence-electron chi connectivity index (χ1n) is 7.78. The third kappa shape index (κ3) is 7.99. The number of hydrogen-bond donors (Lipinski definition) is 1. The van der Waals surface area contributed by atoms with Crippen molar-refractivity contribution in [2.75, 3.05) is 13.1 Å². The van der Waals surface area contributed by atoms with Gasteiger partial charge in [-0.25, -0.2) is 4.39 Å². The molecule has 0 saturated heterocycles. The Labute approximate surface area is 117 Å². The zero-order valence-electron chi connectivity index (χ0n) is 12.3. The number of halogens is 1. The first kappa shape index (κ1) is 16.2. The lowest BCUT2D eigenvalue weighted by Crippen LogP contribution is -2.18. The maximum atomic E-state index is 13.3. The number of benzene rings is 1. The fourth-order valence-electron chi connectivity index (χ4n) is 2.26. The molecule has 0 amide bonds. The van der Waals surface area contributed by atoms with Gasteiger partial charge in [0.05, 0.1) is 0 Å². The van der Waals surface area contributed by atoms with Crippen LogP contribution in [0, 0.1) is 5.82 Å². The highest BCUT2D eigenvalue weighted by atomic mass is 19.1. The number of rotatable bonds is 11. The predicted octanol–water partition coefficient (Wildman–Crippen LogP) is 4.71. The molecule has 1 N–H and O–H groups in total. The molecule has 0 saturated carbocycles. The van der Waals surface area contributed by atoms with Crippen molar-refractivity contribution in [1.82, 2.24) is 5.32 Å². The second-order valence-electron chi connectivity index (χ2n) is 5.21. The molecule has 0 atom stereocenters. The van der Waals surface area contributed by atoms with Crippen LogP contribution in [-0.2, 0) is 6.42 Å². The molecule has 0 radical (unpaired) electrons. The van der Waals surface area contributed by atoms with Gasteiger partial charge in [-0.2, -0.15) is 0 Å². The van der Waals surface area contributed by atoms with Crippen LogP contribution in [-0.4, -0.2) is 13.1 Å². The highest BCUT2D eigenvalue weighted by Crippen LogP contribution is 2.07. The van der Waals surface area contributed by atoms with Gasteiger partial charge >= 0.3 is 0 Å². The van der Waals surface area contributed by atoms with E-state index in [4.69, 9.17) is 0 Å². The van der Waals surface area contributed by atoms with Gasteiger partial charge in [0, 0.05) is 0 Å². The Hall–Kier alpha value is -0.890. The second-order valence-corrected chi connectivity index (χ2v) is 5.21. The third-order valence-corrected chi connectivity index (χ3v) is 3.49. The molecule has 0 spiro atoms. The lowest BCUT2D eigenvalue weighted by atomic mass is 10.1. The fourth-order valence-corrected chi connectivity index (χ4v) is 2.26. The van der Waals surface area contributed by atoms with E-state index in [2.05, 4.69) is 12.2 Å². The molecular weight excluding hydrogens is 237 g/mol. The molecule has 0 heterocycles. The van der Waals surface area contributed by atoms with Gasteiger partial charge in [0.2, 0.25) is 0 Å². The van der Waals surface area contributed by atoms with Crippen LogP contribution in [0.3, 0.4) is 0 Å². The van der Waals surface area contributed by atoms with Crippen molar-refractivity contribution in [1.29, 1.82) is 0 Å². The van der Waals surface area contributed by atoms with Gasteiger partial charge in [0.1, 0.15) is 5.82 Å². The van der Waals surface area contributed by atoms with Crippen molar-refractivity contribution in [2.45, 2.75) is 58.3 Å². The molecule has 0 aliphatic carbocycles. The third-order valence-electron chi connectivity index (χ3n) is 3.49. The van der Waals surface area contributed by atoms with Gasteiger partial charge < -0.3 is 5.32 Å². The standard InChI is InChI=1S/C17H28FN/c1-2-3-4-5-6-7-10-14-19-15-13-16-11-8-9-12-17(16)18/h8-9,11-12,19H,2-7,10,13-15H2,1H3. The lowest BCUT2D eigenvalue weighted by molar-refractivity contribution is 0.558. The second kappa shape index (κ2) is 11.0. The first-order chi connectivity index (χ1) is 9.34. The molecule has 0 bridgehead atoms. The van der Waals surface area contributed by atoms with Crippen molar-refractivity contribution in [3.63, 3.8) is 0 Å². The average molecular weight is 265 g/mol. The largest absolute Gasteiger partial charge is 0.316 e. The van der Waals surface area contributed by atoms with Crippen molar-refractivity contribution in [3.8, 4) is 0 Å². The highest BCUT2D eigenvalue weighted by Gasteiger charge is 1.99. The van der Waals surface area contributed by atoms with E-state index in [9.17, 15) is 4.39 Å². The molecule has 1 aromatic rings. The number of unbranched alkanes of at least 4 members (excludes halogenated alkanes) is 6. The molecule has 1 rings (SSSR count). The van der Waals surface area contributed by atoms with E-state index in [-0.39, 0.29) is 5.82 Å². The van der Waals surface area contributed by atoms with E-state index in [0.717, 1.165) is 25.1 Å². The van der Waals surface area contributed by atoms with E-state index in [0.29, 0.717) is 0 Å². The van der Waals surface area contributed by atoms with E-state index in [1.165, 1.54) is 51.0 Å². The summed E-state index contributed by atoms with van der Waals surface area (Å²) < 4.78 is 13.3. The van der Waals surface area contributed by atoms with Crippen molar-refractivity contribution in [2.24, 2.45) is 0 Å². The van der Waals surface area contributed by atoms with Crippen LogP contribution in [0.15, 0.2) is 24.3 Å². The summed E-state index contributed by atoms with van der Waals surface area (Å²) in [4.78, 5) is 0. The Balaban J connectivity index is 1.90. The Morgan fingerprint density at radius 1 is 0.895 bits per heavy atom. The minimum Gasteiger partial charge on any atom is -0.316 e. The number of hydrogen-bond acceptors (Lipinski definition) is 1. The first-order valence-corrected chi connectivity index (χ1v) is 7.78. The molecule has 1 aromatic carbocycles. The van der Waals surface area contributed by atoms with Crippen LogP contribution in [0.5, 0.6) is 0 Å². The molecule has 0 aliphatic heterocycles. The monoisotopic (exact) mass is 265 g/mol. The maximum absolute atomic E-state index is 13.3. The quantitative estimate of drug-likeness (QED) is 0.571. The van der Waals surface area contributed by atoms with Gasteiger partial charge in [-0.05, 0) is 37.6 Å². The molecule has 19 heavy (non-hydrogen) atoms. The molecule has 1 nitrogen and oxygen atoms in total. The van der Waals surface area contributed by atoms with Crippen LogP contribution in [0.1, 0.15) is 57.4 Å². The summed E-state index contributed by atoms with van der Waals surface area (Å²) in [6, 6.07) is 7.04. The van der Waals surface area contributed by atoms with E-state index in [1.807, 2.05) is 12.1 Å². The summed E-state index contributed by atoms with van der Waals surface area (Å²) >= 11 is 0. The molecule has 0 aliphatic rings. The Morgan fingerprint density at radius 3 is 2.32 bits per heavy atom. The predicted molar refractivity (Wildman–Crippen MR) is 81.0 cm³/mol. The zero-order chi connectivity index (χ0) is 13.8. The summed E-state index contributed by atoms with van der Waals surface area (Å²) in [5, 5.41) is 3.40. The molecule has 0 unspecified atom stereocenters. The Bertz CT molecular complexity index is 325. The molecule has 0 fully saturated rings. The molecule has 108 valence electrons. The summed E-state index contributed by atoms with van der Waals surface area (Å²) in [6.07, 6.45) is 10.1. The number of nitrogens with one attached hydrogen (secondary N) is 1. The average Bonchev–Trinajstić information content (AvgIpc) is 2.43. The Kier molecular flexibility index (Phi) is 9.34. The zero-order valence-corrected chi connectivity index (χ0v) is 12.3. The van der Waals surface area contributed by atoms with Crippen molar-refractivity contribution < 1.29 is 4.39 Å². The van der Waals surface area contributed by atoms with Crippen LogP contribution < -0.4 is 5.32 Å². The van der Waals surface area contributed by atoms with E-state index in [1.54, 1.807) is 6.07 Å². The van der Waals surface area contributed by atoms with Crippen LogP contribution in [0.2, 0.25) is 0 Å². The van der Waals surface area contributed by atoms with Gasteiger partial charge in [0.25, 0.3) is 0 Å². The summed E-state index contributed by atoms with van der Waals surface area (Å²) in [6.45, 7) is 4.18. The summed E-state index contributed by atoms with van der Waals surface area (Å²) in [5.74, 6) is -0.0831. The van der Waals surface area contributed by atoms with Crippen molar-refractivity contribution in [3.05, 3.63) is 35.6 Å². The smallest absolute Gasteiger partial charge is 0.126 e. The minimum atomic E-state index is -0.0831. The normalized spacial score (nSPS) is 10.8. The maximum Gasteiger partial charge on any atom is 0.126 e. The van der Waals surface area contributed by atoms with Gasteiger partial charge in [-0.15, -0.1) is 0 Å². The fraction of sp³-hybridized carbons (Fsp3) is 0.647. The van der Waals surface area contributed by atoms with Gasteiger partial charge in [0.15, 0.2) is 0 Å².